The summed E-state index contributed by atoms with van der Waals surface area (Å²) in [5.74, 6) is 0.0918. The molecule has 1 aromatic heterocycles. The van der Waals surface area contributed by atoms with Gasteiger partial charge < -0.3 is 15.0 Å². The average Bonchev–Trinajstić information content (AvgIpc) is 3.26. The number of rotatable bonds is 7. The van der Waals surface area contributed by atoms with Gasteiger partial charge in [-0.3, -0.25) is 9.59 Å². The van der Waals surface area contributed by atoms with Gasteiger partial charge in [-0.05, 0) is 24.3 Å². The van der Waals surface area contributed by atoms with Crippen molar-refractivity contribution in [2.45, 2.75) is 43.9 Å². The summed E-state index contributed by atoms with van der Waals surface area (Å²) >= 11 is 1.31. The van der Waals surface area contributed by atoms with Gasteiger partial charge >= 0.3 is 0 Å². The smallest absolute Gasteiger partial charge is 0.243 e. The lowest BCUT2D eigenvalue weighted by Gasteiger charge is -2.34. The number of hydrogen-bond donors (Lipinski definition) is 1. The summed E-state index contributed by atoms with van der Waals surface area (Å²) in [7, 11) is -2.12. The van der Waals surface area contributed by atoms with E-state index < -0.39 is 10.0 Å². The van der Waals surface area contributed by atoms with Crippen LogP contribution in [-0.2, 0) is 25.0 Å². The SMILES string of the molecule is COc1ccc(S(=O)(=O)N2CCN(C(=O)CCC(=O)Nc3nnc(C(C)(C)C)s3)CC2)cc1. The second-order valence-electron chi connectivity index (χ2n) is 8.67. The Bertz CT molecular complexity index is 1080. The van der Waals surface area contributed by atoms with Crippen LogP contribution in [0.15, 0.2) is 29.2 Å². The molecule has 0 atom stereocenters. The number of carbonyl (C=O) groups excluding carboxylic acids is 2. The third-order valence-corrected chi connectivity index (χ3v) is 8.34. The number of nitrogens with one attached hydrogen (secondary N) is 1. The molecule has 0 aliphatic carbocycles. The quantitative estimate of drug-likeness (QED) is 0.624. The molecular weight excluding hydrogens is 466 g/mol. The van der Waals surface area contributed by atoms with Gasteiger partial charge in [0.1, 0.15) is 10.8 Å². The van der Waals surface area contributed by atoms with Crippen molar-refractivity contribution in [3.63, 3.8) is 0 Å². The summed E-state index contributed by atoms with van der Waals surface area (Å²) in [6.45, 7) is 7.00. The fraction of sp³-hybridized carbons (Fsp3) is 0.524. The molecule has 2 heterocycles. The number of nitrogens with zero attached hydrogens (tertiary/aromatic N) is 4. The zero-order valence-electron chi connectivity index (χ0n) is 19.2. The zero-order chi connectivity index (χ0) is 24.2. The molecule has 0 unspecified atom stereocenters. The summed E-state index contributed by atoms with van der Waals surface area (Å²) in [5, 5.41) is 12.0. The maximum Gasteiger partial charge on any atom is 0.243 e. The van der Waals surface area contributed by atoms with E-state index in [4.69, 9.17) is 4.74 Å². The van der Waals surface area contributed by atoms with Crippen LogP contribution in [-0.4, -0.2) is 72.9 Å². The van der Waals surface area contributed by atoms with E-state index in [-0.39, 0.29) is 61.1 Å². The largest absolute Gasteiger partial charge is 0.497 e. The lowest BCUT2D eigenvalue weighted by atomic mass is 9.98. The van der Waals surface area contributed by atoms with Gasteiger partial charge in [-0.1, -0.05) is 32.1 Å². The minimum atomic E-state index is -3.64. The van der Waals surface area contributed by atoms with E-state index in [2.05, 4.69) is 15.5 Å². The van der Waals surface area contributed by atoms with E-state index in [0.29, 0.717) is 10.9 Å². The topological polar surface area (TPSA) is 122 Å². The van der Waals surface area contributed by atoms with Crippen molar-refractivity contribution in [1.29, 1.82) is 0 Å². The molecule has 12 heteroatoms. The van der Waals surface area contributed by atoms with Crippen LogP contribution >= 0.6 is 11.3 Å². The normalized spacial score (nSPS) is 15.3. The Balaban J connectivity index is 1.47. The Hall–Kier alpha value is -2.57. The molecule has 1 N–H and O–H groups in total. The van der Waals surface area contributed by atoms with Crippen LogP contribution in [0.1, 0.15) is 38.6 Å². The van der Waals surface area contributed by atoms with Crippen LogP contribution in [0, 0.1) is 0 Å². The highest BCUT2D eigenvalue weighted by Crippen LogP contribution is 2.27. The van der Waals surface area contributed by atoms with E-state index in [1.54, 1.807) is 17.0 Å². The number of ether oxygens (including phenoxy) is 1. The summed E-state index contributed by atoms with van der Waals surface area (Å²) in [4.78, 5) is 26.5. The highest BCUT2D eigenvalue weighted by molar-refractivity contribution is 7.89. The molecular formula is C21H29N5O5S2. The zero-order valence-corrected chi connectivity index (χ0v) is 20.8. The van der Waals surface area contributed by atoms with E-state index >= 15 is 0 Å². The molecule has 33 heavy (non-hydrogen) atoms. The molecule has 1 saturated heterocycles. The van der Waals surface area contributed by atoms with Crippen molar-refractivity contribution < 1.29 is 22.7 Å². The van der Waals surface area contributed by atoms with Crippen LogP contribution in [0.3, 0.4) is 0 Å². The van der Waals surface area contributed by atoms with E-state index in [0.717, 1.165) is 5.01 Å². The number of aromatic nitrogens is 2. The van der Waals surface area contributed by atoms with Gasteiger partial charge in [-0.25, -0.2) is 8.42 Å². The number of amides is 2. The van der Waals surface area contributed by atoms with Gasteiger partial charge in [0.2, 0.25) is 27.0 Å². The number of carbonyl (C=O) groups is 2. The molecule has 0 spiro atoms. The summed E-state index contributed by atoms with van der Waals surface area (Å²) in [6.07, 6.45) is 0.0651. The van der Waals surface area contributed by atoms with Gasteiger partial charge in [-0.15, -0.1) is 10.2 Å². The highest BCUT2D eigenvalue weighted by atomic mass is 32.2. The molecule has 0 bridgehead atoms. The van der Waals surface area contributed by atoms with Crippen molar-refractivity contribution in [1.82, 2.24) is 19.4 Å². The van der Waals surface area contributed by atoms with E-state index in [1.807, 2.05) is 20.8 Å². The Morgan fingerprint density at radius 3 is 2.24 bits per heavy atom. The van der Waals surface area contributed by atoms with Crippen LogP contribution < -0.4 is 10.1 Å². The number of methoxy groups -OCH3 is 1. The lowest BCUT2D eigenvalue weighted by Crippen LogP contribution is -2.50. The molecule has 2 amide bonds. The van der Waals surface area contributed by atoms with Gasteiger partial charge in [0.15, 0.2) is 0 Å². The van der Waals surface area contributed by atoms with E-state index in [1.165, 1.54) is 34.9 Å². The molecule has 1 aliphatic rings. The standard InChI is InChI=1S/C21H29N5O5S2/c1-21(2,3)19-23-24-20(32-19)22-17(27)9-10-18(28)25-11-13-26(14-12-25)33(29,30)16-7-5-15(31-4)6-8-16/h5-8H,9-14H2,1-4H3,(H,22,24,27). The predicted octanol–water partition coefficient (Wildman–Crippen LogP) is 2.10. The second kappa shape index (κ2) is 10.1. The molecule has 180 valence electrons. The van der Waals surface area contributed by atoms with Gasteiger partial charge in [-0.2, -0.15) is 4.31 Å². The highest BCUT2D eigenvalue weighted by Gasteiger charge is 2.30. The fourth-order valence-corrected chi connectivity index (χ4v) is 5.45. The van der Waals surface area contributed by atoms with Crippen LogP contribution in [0.4, 0.5) is 5.13 Å². The fourth-order valence-electron chi connectivity index (χ4n) is 3.21. The molecule has 2 aromatic rings. The first-order chi connectivity index (χ1) is 15.5. The monoisotopic (exact) mass is 495 g/mol. The summed E-state index contributed by atoms with van der Waals surface area (Å²) < 4.78 is 32.1. The minimum Gasteiger partial charge on any atom is -0.497 e. The molecule has 10 nitrogen and oxygen atoms in total. The Morgan fingerprint density at radius 1 is 1.06 bits per heavy atom. The van der Waals surface area contributed by atoms with Crippen LogP contribution in [0.2, 0.25) is 0 Å². The molecule has 0 radical (unpaired) electrons. The second-order valence-corrected chi connectivity index (χ2v) is 11.6. The Labute approximate surface area is 198 Å². The third kappa shape index (κ3) is 6.27. The first kappa shape index (κ1) is 25.1. The van der Waals surface area contributed by atoms with E-state index in [9.17, 15) is 18.0 Å². The molecule has 3 rings (SSSR count). The number of sulfonamides is 1. The number of anilines is 1. The average molecular weight is 496 g/mol. The Morgan fingerprint density at radius 2 is 1.70 bits per heavy atom. The van der Waals surface area contributed by atoms with Crippen molar-refractivity contribution in [2.24, 2.45) is 0 Å². The van der Waals surface area contributed by atoms with Crippen molar-refractivity contribution in [2.75, 3.05) is 38.6 Å². The lowest BCUT2D eigenvalue weighted by molar-refractivity contribution is -0.133. The third-order valence-electron chi connectivity index (χ3n) is 5.17. The molecule has 1 aromatic carbocycles. The van der Waals surface area contributed by atoms with Crippen LogP contribution in [0.5, 0.6) is 5.75 Å². The van der Waals surface area contributed by atoms with Gasteiger partial charge in [0, 0.05) is 44.4 Å². The van der Waals surface area contributed by atoms with Crippen LogP contribution in [0.25, 0.3) is 0 Å². The first-order valence-corrected chi connectivity index (χ1v) is 12.8. The number of benzene rings is 1. The maximum atomic E-state index is 12.8. The molecule has 1 fully saturated rings. The van der Waals surface area contributed by atoms with Crippen molar-refractivity contribution >= 4 is 38.3 Å². The number of hydrogen-bond acceptors (Lipinski definition) is 8. The van der Waals surface area contributed by atoms with Crippen molar-refractivity contribution in [3.8, 4) is 5.75 Å². The Kier molecular flexibility index (Phi) is 7.70. The molecule has 0 saturated carbocycles. The molecule has 1 aliphatic heterocycles. The number of piperazine rings is 1. The summed E-state index contributed by atoms with van der Waals surface area (Å²) in [6, 6.07) is 6.21. The minimum absolute atomic E-state index is 0.0215. The summed E-state index contributed by atoms with van der Waals surface area (Å²) in [5.41, 5.74) is -0.153. The maximum absolute atomic E-state index is 12.8. The van der Waals surface area contributed by atoms with Crippen molar-refractivity contribution in [3.05, 3.63) is 29.3 Å². The predicted molar refractivity (Wildman–Crippen MR) is 125 cm³/mol. The first-order valence-electron chi connectivity index (χ1n) is 10.6. The van der Waals surface area contributed by atoms with Gasteiger partial charge in [0.25, 0.3) is 0 Å². The van der Waals surface area contributed by atoms with Gasteiger partial charge in [0.05, 0.1) is 12.0 Å².